The van der Waals surface area contributed by atoms with Gasteiger partial charge < -0.3 is 21.4 Å². The second-order valence-corrected chi connectivity index (χ2v) is 6.72. The highest BCUT2D eigenvalue weighted by Crippen LogP contribution is 2.35. The van der Waals surface area contributed by atoms with Crippen molar-refractivity contribution in [2.45, 2.75) is 18.4 Å². The molecule has 3 amide bonds. The predicted molar refractivity (Wildman–Crippen MR) is 97.2 cm³/mol. The molecule has 0 unspecified atom stereocenters. The van der Waals surface area contributed by atoms with Crippen molar-refractivity contribution in [1.29, 1.82) is 0 Å². The first-order chi connectivity index (χ1) is 13.0. The Morgan fingerprint density at radius 3 is 2.74 bits per heavy atom. The van der Waals surface area contributed by atoms with Crippen LogP contribution in [0.2, 0.25) is 0 Å². The van der Waals surface area contributed by atoms with Crippen molar-refractivity contribution in [2.24, 2.45) is 5.73 Å². The van der Waals surface area contributed by atoms with E-state index in [9.17, 15) is 14.4 Å². The molecular formula is C18H18N6O3. The molecule has 9 heteroatoms. The second-order valence-electron chi connectivity index (χ2n) is 6.72. The third kappa shape index (κ3) is 3.26. The summed E-state index contributed by atoms with van der Waals surface area (Å²) < 4.78 is 0. The van der Waals surface area contributed by atoms with E-state index in [2.05, 4.69) is 25.8 Å². The van der Waals surface area contributed by atoms with Crippen LogP contribution in [0.3, 0.4) is 0 Å². The van der Waals surface area contributed by atoms with E-state index in [-0.39, 0.29) is 23.1 Å². The molecule has 0 radical (unpaired) electrons. The van der Waals surface area contributed by atoms with Crippen molar-refractivity contribution in [1.82, 2.24) is 25.8 Å². The van der Waals surface area contributed by atoms with Gasteiger partial charge in [-0.1, -0.05) is 6.07 Å². The molecule has 0 saturated heterocycles. The molecule has 1 fully saturated rings. The summed E-state index contributed by atoms with van der Waals surface area (Å²) in [5.74, 6) is -1.17. The number of rotatable bonds is 6. The molecule has 0 spiro atoms. The van der Waals surface area contributed by atoms with E-state index in [1.807, 2.05) is 6.07 Å². The van der Waals surface area contributed by atoms with Crippen LogP contribution in [0.5, 0.6) is 0 Å². The smallest absolute Gasteiger partial charge is 0.267 e. The van der Waals surface area contributed by atoms with E-state index in [0.29, 0.717) is 12.1 Å². The average Bonchev–Trinajstić information content (AvgIpc) is 3.06. The minimum Gasteiger partial charge on any atom is -0.366 e. The van der Waals surface area contributed by atoms with Crippen molar-refractivity contribution in [2.75, 3.05) is 6.54 Å². The number of H-pyrrole nitrogens is 2. The number of aromatic nitrogens is 3. The fraction of sp³-hybridized carbons (Fsp3) is 0.222. The van der Waals surface area contributed by atoms with E-state index < -0.39 is 11.4 Å². The van der Waals surface area contributed by atoms with Crippen molar-refractivity contribution >= 4 is 28.6 Å². The first-order valence-electron chi connectivity index (χ1n) is 8.48. The van der Waals surface area contributed by atoms with Gasteiger partial charge in [0.25, 0.3) is 11.8 Å². The highest BCUT2D eigenvalue weighted by Gasteiger charge is 2.44. The summed E-state index contributed by atoms with van der Waals surface area (Å²) in [5.41, 5.74) is 6.53. The lowest BCUT2D eigenvalue weighted by Crippen LogP contribution is -2.45. The summed E-state index contributed by atoms with van der Waals surface area (Å²) in [5, 5.41) is 13.4. The molecule has 1 aliphatic carbocycles. The molecule has 0 aliphatic heterocycles. The molecule has 0 bridgehead atoms. The van der Waals surface area contributed by atoms with Crippen LogP contribution in [-0.2, 0) is 0 Å². The van der Waals surface area contributed by atoms with Crippen LogP contribution in [0.25, 0.3) is 10.9 Å². The van der Waals surface area contributed by atoms with Crippen LogP contribution in [-0.4, -0.2) is 45.0 Å². The fourth-order valence-electron chi connectivity index (χ4n) is 2.98. The number of benzene rings is 1. The van der Waals surface area contributed by atoms with Gasteiger partial charge in [0.05, 0.1) is 28.4 Å². The molecule has 3 aromatic rings. The lowest BCUT2D eigenvalue weighted by Gasteiger charge is -2.18. The van der Waals surface area contributed by atoms with E-state index >= 15 is 0 Å². The third-order valence-electron chi connectivity index (χ3n) is 4.76. The summed E-state index contributed by atoms with van der Waals surface area (Å²) in [4.78, 5) is 38.7. The van der Waals surface area contributed by atoms with Gasteiger partial charge in [0.2, 0.25) is 5.91 Å². The summed E-state index contributed by atoms with van der Waals surface area (Å²) in [6.07, 6.45) is 4.56. The van der Waals surface area contributed by atoms with Gasteiger partial charge in [0.1, 0.15) is 5.69 Å². The van der Waals surface area contributed by atoms with Gasteiger partial charge >= 0.3 is 0 Å². The molecule has 27 heavy (non-hydrogen) atoms. The van der Waals surface area contributed by atoms with Crippen LogP contribution >= 0.6 is 0 Å². The normalized spacial score (nSPS) is 14.7. The number of nitrogens with one attached hydrogen (secondary N) is 4. The van der Waals surface area contributed by atoms with Gasteiger partial charge in [-0.2, -0.15) is 5.10 Å². The zero-order chi connectivity index (χ0) is 19.0. The van der Waals surface area contributed by atoms with E-state index in [1.54, 1.807) is 18.3 Å². The zero-order valence-electron chi connectivity index (χ0n) is 14.3. The Bertz CT molecular complexity index is 1050. The monoisotopic (exact) mass is 366 g/mol. The quantitative estimate of drug-likeness (QED) is 0.437. The Balaban J connectivity index is 1.40. The van der Waals surface area contributed by atoms with Crippen molar-refractivity contribution in [3.8, 4) is 0 Å². The largest absolute Gasteiger partial charge is 0.366 e. The number of carbonyl (C=O) groups excluding carboxylic acids is 3. The molecule has 138 valence electrons. The minimum atomic E-state index is -0.607. The third-order valence-corrected chi connectivity index (χ3v) is 4.76. The molecule has 6 N–H and O–H groups in total. The topological polar surface area (TPSA) is 146 Å². The SMILES string of the molecule is NC(=O)c1c[nH]c(C(=O)NCC2(NC(=O)c3cccc4[nH]ncc34)CC2)c1. The minimum absolute atomic E-state index is 0.204. The lowest BCUT2D eigenvalue weighted by atomic mass is 10.1. The number of nitrogens with two attached hydrogens (primary N) is 1. The lowest BCUT2D eigenvalue weighted by molar-refractivity contribution is 0.0901. The first kappa shape index (κ1) is 16.8. The molecule has 2 aromatic heterocycles. The second kappa shape index (κ2) is 6.27. The van der Waals surface area contributed by atoms with E-state index in [1.165, 1.54) is 12.3 Å². The highest BCUT2D eigenvalue weighted by atomic mass is 16.2. The van der Waals surface area contributed by atoms with Crippen molar-refractivity contribution < 1.29 is 14.4 Å². The highest BCUT2D eigenvalue weighted by molar-refractivity contribution is 6.06. The molecule has 1 aromatic carbocycles. The van der Waals surface area contributed by atoms with Gasteiger partial charge in [-0.15, -0.1) is 0 Å². The molecule has 1 aliphatic rings. The summed E-state index contributed by atoms with van der Waals surface area (Å²) in [6, 6.07) is 6.78. The molecule has 2 heterocycles. The van der Waals surface area contributed by atoms with E-state index in [4.69, 9.17) is 5.73 Å². The molecular weight excluding hydrogens is 348 g/mol. The van der Waals surface area contributed by atoms with E-state index in [0.717, 1.165) is 23.7 Å². The number of fused-ring (bicyclic) bond motifs is 1. The van der Waals surface area contributed by atoms with Crippen molar-refractivity contribution in [3.05, 3.63) is 53.5 Å². The van der Waals surface area contributed by atoms with Gasteiger partial charge in [-0.05, 0) is 31.0 Å². The Labute approximate surface area is 153 Å². The number of hydrogen-bond acceptors (Lipinski definition) is 4. The number of hydrogen-bond donors (Lipinski definition) is 5. The maximum Gasteiger partial charge on any atom is 0.267 e. The van der Waals surface area contributed by atoms with Crippen LogP contribution in [0.15, 0.2) is 36.7 Å². The standard InChI is InChI=1S/C18H18N6O3/c19-15(25)10-6-14(20-7-10)17(27)21-9-18(4-5-18)23-16(26)11-2-1-3-13-12(11)8-22-24-13/h1-3,6-8,20H,4-5,9H2,(H2,19,25)(H,21,27)(H,22,24)(H,23,26). The van der Waals surface area contributed by atoms with Crippen LogP contribution in [0.1, 0.15) is 44.0 Å². The van der Waals surface area contributed by atoms with Gasteiger partial charge in [-0.25, -0.2) is 0 Å². The van der Waals surface area contributed by atoms with Gasteiger partial charge in [0.15, 0.2) is 0 Å². The Morgan fingerprint density at radius 1 is 1.22 bits per heavy atom. The van der Waals surface area contributed by atoms with Crippen LogP contribution in [0, 0.1) is 0 Å². The van der Waals surface area contributed by atoms with Gasteiger partial charge in [0, 0.05) is 18.1 Å². The number of primary amides is 1. The molecule has 1 saturated carbocycles. The summed E-state index contributed by atoms with van der Waals surface area (Å²) >= 11 is 0. The van der Waals surface area contributed by atoms with Crippen LogP contribution < -0.4 is 16.4 Å². The van der Waals surface area contributed by atoms with Crippen LogP contribution in [0.4, 0.5) is 0 Å². The number of carbonyl (C=O) groups is 3. The Morgan fingerprint density at radius 2 is 2.04 bits per heavy atom. The molecule has 4 rings (SSSR count). The van der Waals surface area contributed by atoms with Crippen molar-refractivity contribution in [3.63, 3.8) is 0 Å². The molecule has 0 atom stereocenters. The Hall–Kier alpha value is -3.62. The zero-order valence-corrected chi connectivity index (χ0v) is 14.3. The van der Waals surface area contributed by atoms with Gasteiger partial charge in [-0.3, -0.25) is 19.5 Å². The first-order valence-corrected chi connectivity index (χ1v) is 8.48. The summed E-state index contributed by atoms with van der Waals surface area (Å²) in [7, 11) is 0. The number of aromatic amines is 2. The Kier molecular flexibility index (Phi) is 3.91. The molecule has 9 nitrogen and oxygen atoms in total. The average molecular weight is 366 g/mol. The number of amides is 3. The fourth-order valence-corrected chi connectivity index (χ4v) is 2.98. The predicted octanol–water partition coefficient (Wildman–Crippen LogP) is 0.682. The maximum atomic E-state index is 12.7. The number of nitrogens with zero attached hydrogens (tertiary/aromatic N) is 1. The maximum absolute atomic E-state index is 12.7. The summed E-state index contributed by atoms with van der Waals surface area (Å²) in [6.45, 7) is 0.295.